The van der Waals surface area contributed by atoms with Gasteiger partial charge in [0.05, 0.1) is 0 Å². The van der Waals surface area contributed by atoms with Crippen LogP contribution in [-0.2, 0) is 12.8 Å². The van der Waals surface area contributed by atoms with Crippen LogP contribution in [0.5, 0.6) is 0 Å². The summed E-state index contributed by atoms with van der Waals surface area (Å²) in [7, 11) is 4.30. The first-order chi connectivity index (χ1) is 6.68. The van der Waals surface area contributed by atoms with E-state index in [1.165, 1.54) is 24.0 Å². The van der Waals surface area contributed by atoms with E-state index in [-0.39, 0.29) is 0 Å². The maximum atomic E-state index is 5.99. The first-order valence-electron chi connectivity index (χ1n) is 5.21. The topological polar surface area (TPSA) is 29.3 Å². The Morgan fingerprint density at radius 1 is 1.36 bits per heavy atom. The van der Waals surface area contributed by atoms with Crippen LogP contribution in [0, 0.1) is 0 Å². The Bertz CT molecular complexity index is 331. The lowest BCUT2D eigenvalue weighted by atomic mass is 9.87. The molecule has 0 spiro atoms. The molecule has 1 aromatic carbocycles. The molecule has 2 rings (SSSR count). The highest BCUT2D eigenvalue weighted by molar-refractivity contribution is 5.52. The molecule has 76 valence electrons. The van der Waals surface area contributed by atoms with Crippen LogP contribution < -0.4 is 5.73 Å². The first-order valence-corrected chi connectivity index (χ1v) is 5.21. The van der Waals surface area contributed by atoms with Crippen molar-refractivity contribution in [1.82, 2.24) is 4.90 Å². The van der Waals surface area contributed by atoms with Gasteiger partial charge in [-0.05, 0) is 50.6 Å². The van der Waals surface area contributed by atoms with E-state index < -0.39 is 0 Å². The van der Waals surface area contributed by atoms with Crippen LogP contribution in [-0.4, -0.2) is 25.0 Å². The van der Waals surface area contributed by atoms with E-state index in [0.29, 0.717) is 6.04 Å². The van der Waals surface area contributed by atoms with Crippen molar-refractivity contribution < 1.29 is 0 Å². The number of benzene rings is 1. The number of rotatable bonds is 1. The molecule has 0 aliphatic heterocycles. The molecule has 2 nitrogen and oxygen atoms in total. The molecule has 14 heavy (non-hydrogen) atoms. The van der Waals surface area contributed by atoms with E-state index >= 15 is 0 Å². The number of hydrogen-bond acceptors (Lipinski definition) is 2. The molecule has 0 fully saturated rings. The standard InChI is InChI=1S/C12H18N2/c1-14(2)10-7-6-9-4-3-5-12(13)11(9)8-10/h3-5,10H,6-8,13H2,1-2H3. The van der Waals surface area contributed by atoms with Gasteiger partial charge in [0, 0.05) is 11.7 Å². The molecule has 2 heteroatoms. The third-order valence-corrected chi connectivity index (χ3v) is 3.23. The average Bonchev–Trinajstić information content (AvgIpc) is 2.18. The van der Waals surface area contributed by atoms with Crippen molar-refractivity contribution in [3.8, 4) is 0 Å². The number of likely N-dealkylation sites (N-methyl/N-ethyl adjacent to an activating group) is 1. The summed E-state index contributed by atoms with van der Waals surface area (Å²) in [5, 5.41) is 0. The highest BCUT2D eigenvalue weighted by atomic mass is 15.1. The van der Waals surface area contributed by atoms with Crippen LogP contribution in [0.2, 0.25) is 0 Å². The molecule has 0 radical (unpaired) electrons. The number of fused-ring (bicyclic) bond motifs is 1. The van der Waals surface area contributed by atoms with Gasteiger partial charge in [0.1, 0.15) is 0 Å². The summed E-state index contributed by atoms with van der Waals surface area (Å²) in [6.07, 6.45) is 3.53. The molecule has 1 atom stereocenters. The molecule has 0 saturated carbocycles. The number of aryl methyl sites for hydroxylation is 1. The fourth-order valence-electron chi connectivity index (χ4n) is 2.24. The molecule has 0 amide bonds. The average molecular weight is 190 g/mol. The van der Waals surface area contributed by atoms with E-state index in [0.717, 1.165) is 12.1 Å². The lowest BCUT2D eigenvalue weighted by Crippen LogP contribution is -2.33. The number of anilines is 1. The molecule has 0 bridgehead atoms. The lowest BCUT2D eigenvalue weighted by molar-refractivity contribution is 0.268. The zero-order valence-electron chi connectivity index (χ0n) is 8.96. The van der Waals surface area contributed by atoms with E-state index in [1.807, 2.05) is 6.07 Å². The molecule has 1 aliphatic carbocycles. The van der Waals surface area contributed by atoms with Gasteiger partial charge >= 0.3 is 0 Å². The van der Waals surface area contributed by atoms with E-state index in [2.05, 4.69) is 31.1 Å². The molecule has 0 heterocycles. The Morgan fingerprint density at radius 2 is 2.14 bits per heavy atom. The summed E-state index contributed by atoms with van der Waals surface area (Å²) in [6, 6.07) is 6.94. The molecule has 0 aromatic heterocycles. The molecule has 2 N–H and O–H groups in total. The van der Waals surface area contributed by atoms with Crippen LogP contribution in [0.25, 0.3) is 0 Å². The summed E-state index contributed by atoms with van der Waals surface area (Å²) < 4.78 is 0. The summed E-state index contributed by atoms with van der Waals surface area (Å²) in [4.78, 5) is 2.30. The number of nitrogens with two attached hydrogens (primary N) is 1. The van der Waals surface area contributed by atoms with Crippen molar-refractivity contribution in [1.29, 1.82) is 0 Å². The van der Waals surface area contributed by atoms with Crippen LogP contribution in [0.4, 0.5) is 5.69 Å². The Labute approximate surface area is 85.7 Å². The number of nitrogen functional groups attached to an aromatic ring is 1. The molecule has 1 aromatic rings. The fraction of sp³-hybridized carbons (Fsp3) is 0.500. The maximum absolute atomic E-state index is 5.99. The van der Waals surface area contributed by atoms with Gasteiger partial charge in [-0.25, -0.2) is 0 Å². The minimum Gasteiger partial charge on any atom is -0.398 e. The number of nitrogens with zero attached hydrogens (tertiary/aromatic N) is 1. The minimum absolute atomic E-state index is 0.659. The Hall–Kier alpha value is -1.02. The second-order valence-corrected chi connectivity index (χ2v) is 4.35. The molecule has 1 aliphatic rings. The van der Waals surface area contributed by atoms with Gasteiger partial charge in [-0.3, -0.25) is 0 Å². The van der Waals surface area contributed by atoms with Crippen LogP contribution >= 0.6 is 0 Å². The Kier molecular flexibility index (Phi) is 2.46. The minimum atomic E-state index is 0.659. The highest BCUT2D eigenvalue weighted by Gasteiger charge is 2.21. The number of hydrogen-bond donors (Lipinski definition) is 1. The van der Waals surface area contributed by atoms with Gasteiger partial charge in [-0.1, -0.05) is 12.1 Å². The SMILES string of the molecule is CN(C)C1CCc2cccc(N)c2C1. The summed E-state index contributed by atoms with van der Waals surface area (Å²) in [5.74, 6) is 0. The first kappa shape index (κ1) is 9.53. The van der Waals surface area contributed by atoms with Crippen LogP contribution in [0.15, 0.2) is 18.2 Å². The van der Waals surface area contributed by atoms with Crippen molar-refractivity contribution in [2.75, 3.05) is 19.8 Å². The maximum Gasteiger partial charge on any atom is 0.0349 e. The van der Waals surface area contributed by atoms with Gasteiger partial charge in [0.25, 0.3) is 0 Å². The second-order valence-electron chi connectivity index (χ2n) is 4.35. The van der Waals surface area contributed by atoms with Crippen LogP contribution in [0.1, 0.15) is 17.5 Å². The Balaban J connectivity index is 2.29. The summed E-state index contributed by atoms with van der Waals surface area (Å²) in [5.41, 5.74) is 9.77. The normalized spacial score (nSPS) is 20.9. The van der Waals surface area contributed by atoms with Crippen LogP contribution in [0.3, 0.4) is 0 Å². The van der Waals surface area contributed by atoms with Crippen molar-refractivity contribution in [2.45, 2.75) is 25.3 Å². The van der Waals surface area contributed by atoms with E-state index in [9.17, 15) is 0 Å². The Morgan fingerprint density at radius 3 is 2.86 bits per heavy atom. The predicted molar refractivity (Wildman–Crippen MR) is 60.4 cm³/mol. The molecular formula is C12H18N2. The van der Waals surface area contributed by atoms with Crippen molar-refractivity contribution in [3.05, 3.63) is 29.3 Å². The lowest BCUT2D eigenvalue weighted by Gasteiger charge is -2.30. The van der Waals surface area contributed by atoms with E-state index in [4.69, 9.17) is 5.73 Å². The van der Waals surface area contributed by atoms with Gasteiger partial charge < -0.3 is 10.6 Å². The third-order valence-electron chi connectivity index (χ3n) is 3.23. The molecule has 1 unspecified atom stereocenters. The molecule has 0 saturated heterocycles. The second kappa shape index (κ2) is 3.62. The van der Waals surface area contributed by atoms with Gasteiger partial charge in [0.2, 0.25) is 0 Å². The van der Waals surface area contributed by atoms with Gasteiger partial charge in [-0.2, -0.15) is 0 Å². The van der Waals surface area contributed by atoms with E-state index in [1.54, 1.807) is 0 Å². The van der Waals surface area contributed by atoms with Crippen molar-refractivity contribution >= 4 is 5.69 Å². The quantitative estimate of drug-likeness (QED) is 0.683. The highest BCUT2D eigenvalue weighted by Crippen LogP contribution is 2.27. The smallest absolute Gasteiger partial charge is 0.0349 e. The van der Waals surface area contributed by atoms with Gasteiger partial charge in [0.15, 0.2) is 0 Å². The summed E-state index contributed by atoms with van der Waals surface area (Å²) >= 11 is 0. The van der Waals surface area contributed by atoms with Gasteiger partial charge in [-0.15, -0.1) is 0 Å². The zero-order valence-corrected chi connectivity index (χ0v) is 8.96. The monoisotopic (exact) mass is 190 g/mol. The zero-order chi connectivity index (χ0) is 10.1. The van der Waals surface area contributed by atoms with Crippen molar-refractivity contribution in [3.63, 3.8) is 0 Å². The molecular weight excluding hydrogens is 172 g/mol. The predicted octanol–water partition coefficient (Wildman–Crippen LogP) is 1.69. The summed E-state index contributed by atoms with van der Waals surface area (Å²) in [6.45, 7) is 0. The fourth-order valence-corrected chi connectivity index (χ4v) is 2.24. The largest absolute Gasteiger partial charge is 0.398 e. The third kappa shape index (κ3) is 1.62. The van der Waals surface area contributed by atoms with Crippen molar-refractivity contribution in [2.24, 2.45) is 0 Å².